The van der Waals surface area contributed by atoms with E-state index in [1.165, 1.54) is 11.3 Å². The Morgan fingerprint density at radius 2 is 2.00 bits per heavy atom. The van der Waals surface area contributed by atoms with Gasteiger partial charge in [-0.1, -0.05) is 37.3 Å². The molecule has 2 heterocycles. The Kier molecular flexibility index (Phi) is 4.66. The summed E-state index contributed by atoms with van der Waals surface area (Å²) >= 11 is 1.41. The fourth-order valence-corrected chi connectivity index (χ4v) is 4.18. The summed E-state index contributed by atoms with van der Waals surface area (Å²) in [6, 6.07) is 9.58. The molecule has 1 aromatic carbocycles. The minimum absolute atomic E-state index is 0.102. The molecule has 2 atom stereocenters. The number of carbonyl (C=O) groups is 2. The van der Waals surface area contributed by atoms with E-state index >= 15 is 0 Å². The second-order valence-corrected chi connectivity index (χ2v) is 7.13. The Bertz CT molecular complexity index is 757. The van der Waals surface area contributed by atoms with Gasteiger partial charge in [0.05, 0.1) is 16.6 Å². The van der Waals surface area contributed by atoms with Gasteiger partial charge in [-0.3, -0.25) is 9.59 Å². The van der Waals surface area contributed by atoms with Gasteiger partial charge >= 0.3 is 5.97 Å². The van der Waals surface area contributed by atoms with Crippen LogP contribution in [0.25, 0.3) is 0 Å². The molecule has 0 spiro atoms. The summed E-state index contributed by atoms with van der Waals surface area (Å²) in [7, 11) is 0. The third-order valence-electron chi connectivity index (χ3n) is 4.49. The Hall–Kier alpha value is -2.21. The molecule has 6 heteroatoms. The summed E-state index contributed by atoms with van der Waals surface area (Å²) in [6.45, 7) is 4.52. The van der Waals surface area contributed by atoms with Crippen LogP contribution >= 0.6 is 11.3 Å². The van der Waals surface area contributed by atoms with Crippen molar-refractivity contribution in [2.45, 2.75) is 26.2 Å². The first-order valence-corrected chi connectivity index (χ1v) is 8.86. The van der Waals surface area contributed by atoms with Gasteiger partial charge in [0.15, 0.2) is 0 Å². The van der Waals surface area contributed by atoms with Crippen molar-refractivity contribution in [2.24, 2.45) is 5.92 Å². The first kappa shape index (κ1) is 16.6. The van der Waals surface area contributed by atoms with Gasteiger partial charge in [-0.15, -0.1) is 11.3 Å². The predicted molar refractivity (Wildman–Crippen MR) is 92.4 cm³/mol. The Labute approximate surface area is 145 Å². The number of carboxylic acids is 1. The molecule has 1 aliphatic rings. The van der Waals surface area contributed by atoms with Gasteiger partial charge in [0.2, 0.25) is 0 Å². The lowest BCUT2D eigenvalue weighted by Gasteiger charge is -2.16. The summed E-state index contributed by atoms with van der Waals surface area (Å²) in [6.07, 6.45) is 0.795. The highest BCUT2D eigenvalue weighted by atomic mass is 32.1. The molecule has 1 aromatic heterocycles. The number of aromatic nitrogens is 1. The fraction of sp³-hybridized carbons (Fsp3) is 0.389. The van der Waals surface area contributed by atoms with Crippen LogP contribution in [0.5, 0.6) is 0 Å². The molecule has 24 heavy (non-hydrogen) atoms. The molecular formula is C18H20N2O3S. The van der Waals surface area contributed by atoms with Crippen LogP contribution in [0, 0.1) is 12.8 Å². The molecule has 1 saturated heterocycles. The van der Waals surface area contributed by atoms with Crippen molar-refractivity contribution in [3.05, 3.63) is 51.5 Å². The zero-order valence-electron chi connectivity index (χ0n) is 13.7. The van der Waals surface area contributed by atoms with E-state index in [0.717, 1.165) is 22.7 Å². The Morgan fingerprint density at radius 3 is 2.58 bits per heavy atom. The van der Waals surface area contributed by atoms with Gasteiger partial charge in [-0.05, 0) is 18.9 Å². The first-order valence-electron chi connectivity index (χ1n) is 8.04. The number of benzene rings is 1. The molecule has 0 saturated carbocycles. The fourth-order valence-electron chi connectivity index (χ4n) is 3.20. The summed E-state index contributed by atoms with van der Waals surface area (Å²) in [5, 5.41) is 10.5. The van der Waals surface area contributed by atoms with Gasteiger partial charge in [-0.25, -0.2) is 4.98 Å². The molecular weight excluding hydrogens is 324 g/mol. The molecule has 0 aliphatic carbocycles. The summed E-state index contributed by atoms with van der Waals surface area (Å²) < 4.78 is 0. The molecule has 0 radical (unpaired) electrons. The van der Waals surface area contributed by atoms with E-state index in [1.54, 1.807) is 4.90 Å². The van der Waals surface area contributed by atoms with Crippen molar-refractivity contribution in [2.75, 3.05) is 13.1 Å². The maximum absolute atomic E-state index is 12.8. The second-order valence-electron chi connectivity index (χ2n) is 6.05. The van der Waals surface area contributed by atoms with E-state index in [-0.39, 0.29) is 18.4 Å². The molecule has 1 aliphatic heterocycles. The predicted octanol–water partition coefficient (Wildman–Crippen LogP) is 2.95. The molecule has 0 unspecified atom stereocenters. The molecule has 1 amide bonds. The van der Waals surface area contributed by atoms with E-state index in [2.05, 4.69) is 4.98 Å². The summed E-state index contributed by atoms with van der Waals surface area (Å²) in [5.41, 5.74) is 1.70. The monoisotopic (exact) mass is 344 g/mol. The van der Waals surface area contributed by atoms with Crippen LogP contribution in [0.3, 0.4) is 0 Å². The lowest BCUT2D eigenvalue weighted by atomic mass is 9.89. The quantitative estimate of drug-likeness (QED) is 0.926. The van der Waals surface area contributed by atoms with Crippen LogP contribution in [0.1, 0.15) is 38.8 Å². The Morgan fingerprint density at radius 1 is 1.29 bits per heavy atom. The van der Waals surface area contributed by atoms with Crippen molar-refractivity contribution in [3.8, 4) is 0 Å². The van der Waals surface area contributed by atoms with E-state index in [0.29, 0.717) is 11.4 Å². The highest BCUT2D eigenvalue weighted by Crippen LogP contribution is 2.34. The van der Waals surface area contributed by atoms with E-state index < -0.39 is 11.9 Å². The molecule has 126 valence electrons. The molecule has 3 rings (SSSR count). The van der Waals surface area contributed by atoms with Crippen molar-refractivity contribution in [1.82, 2.24) is 9.88 Å². The minimum Gasteiger partial charge on any atom is -0.481 e. The van der Waals surface area contributed by atoms with Crippen molar-refractivity contribution < 1.29 is 14.7 Å². The lowest BCUT2D eigenvalue weighted by molar-refractivity contribution is -0.141. The number of carbonyl (C=O) groups excluding carboxylic acids is 1. The van der Waals surface area contributed by atoms with Crippen LogP contribution in [-0.2, 0) is 11.2 Å². The van der Waals surface area contributed by atoms with Crippen molar-refractivity contribution in [1.29, 1.82) is 0 Å². The third kappa shape index (κ3) is 3.06. The summed E-state index contributed by atoms with van der Waals surface area (Å²) in [4.78, 5) is 31.2. The Balaban J connectivity index is 1.86. The standard InChI is InChI=1S/C18H20N2O3S/c1-3-15-19-11(2)16(24-15)17(21)20-9-13(14(10-20)18(22)23)12-7-5-4-6-8-12/h4-8,13-14H,3,9-10H2,1-2H3,(H,22,23)/t13-,14-/m0/s1. The zero-order chi connectivity index (χ0) is 17.3. The molecule has 0 bridgehead atoms. The van der Waals surface area contributed by atoms with Gasteiger partial charge in [0, 0.05) is 19.0 Å². The van der Waals surface area contributed by atoms with Crippen LogP contribution in [0.4, 0.5) is 0 Å². The van der Waals surface area contributed by atoms with Gasteiger partial charge in [-0.2, -0.15) is 0 Å². The van der Waals surface area contributed by atoms with E-state index in [9.17, 15) is 14.7 Å². The number of aliphatic carboxylic acids is 1. The average molecular weight is 344 g/mol. The first-order chi connectivity index (χ1) is 11.5. The number of likely N-dealkylation sites (tertiary alicyclic amines) is 1. The van der Waals surface area contributed by atoms with Gasteiger partial charge < -0.3 is 10.0 Å². The number of hydrogen-bond acceptors (Lipinski definition) is 4. The van der Waals surface area contributed by atoms with E-state index in [1.807, 2.05) is 44.2 Å². The van der Waals surface area contributed by atoms with Crippen molar-refractivity contribution >= 4 is 23.2 Å². The van der Waals surface area contributed by atoms with Crippen LogP contribution < -0.4 is 0 Å². The number of amides is 1. The number of rotatable bonds is 4. The largest absolute Gasteiger partial charge is 0.481 e. The van der Waals surface area contributed by atoms with Crippen LogP contribution in [0.15, 0.2) is 30.3 Å². The topological polar surface area (TPSA) is 70.5 Å². The molecule has 2 aromatic rings. The number of hydrogen-bond donors (Lipinski definition) is 1. The smallest absolute Gasteiger partial charge is 0.308 e. The zero-order valence-corrected chi connectivity index (χ0v) is 14.5. The van der Waals surface area contributed by atoms with Crippen LogP contribution in [-0.4, -0.2) is 40.0 Å². The SMILES string of the molecule is CCc1nc(C)c(C(=O)N2C[C@H](C(=O)O)[C@H](c3ccccc3)C2)s1. The molecule has 1 fully saturated rings. The number of aryl methyl sites for hydroxylation is 2. The summed E-state index contributed by atoms with van der Waals surface area (Å²) in [5.74, 6) is -1.70. The molecule has 5 nitrogen and oxygen atoms in total. The maximum Gasteiger partial charge on any atom is 0.308 e. The second kappa shape index (κ2) is 6.73. The number of thiazole rings is 1. The van der Waals surface area contributed by atoms with Crippen molar-refractivity contribution in [3.63, 3.8) is 0 Å². The maximum atomic E-state index is 12.8. The highest BCUT2D eigenvalue weighted by molar-refractivity contribution is 7.13. The van der Waals surface area contributed by atoms with Gasteiger partial charge in [0.1, 0.15) is 4.88 Å². The number of carboxylic acid groups (broad SMARTS) is 1. The van der Waals surface area contributed by atoms with E-state index in [4.69, 9.17) is 0 Å². The number of nitrogens with zero attached hydrogens (tertiary/aromatic N) is 2. The third-order valence-corrected chi connectivity index (χ3v) is 5.78. The lowest BCUT2D eigenvalue weighted by Crippen LogP contribution is -2.29. The average Bonchev–Trinajstić information content (AvgIpc) is 3.19. The molecule has 1 N–H and O–H groups in total. The highest BCUT2D eigenvalue weighted by Gasteiger charge is 2.41. The van der Waals surface area contributed by atoms with Gasteiger partial charge in [0.25, 0.3) is 5.91 Å². The minimum atomic E-state index is -0.852. The van der Waals surface area contributed by atoms with Crippen LogP contribution in [0.2, 0.25) is 0 Å². The normalized spacial score (nSPS) is 20.3.